The highest BCUT2D eigenvalue weighted by atomic mass is 32.1. The first-order valence-electron chi connectivity index (χ1n) is 18.5. The van der Waals surface area contributed by atoms with Gasteiger partial charge in [-0.3, -0.25) is 0 Å². The summed E-state index contributed by atoms with van der Waals surface area (Å²) in [5.74, 6) is 0. The summed E-state index contributed by atoms with van der Waals surface area (Å²) in [5.41, 5.74) is 11.8. The number of hydrogen-bond donors (Lipinski definition) is 0. The van der Waals surface area contributed by atoms with Crippen molar-refractivity contribution in [1.29, 1.82) is 0 Å². The molecule has 0 aliphatic heterocycles. The van der Waals surface area contributed by atoms with E-state index in [1.54, 1.807) is 11.3 Å². The number of anilines is 3. The Morgan fingerprint density at radius 2 is 1.07 bits per heavy atom. The van der Waals surface area contributed by atoms with Gasteiger partial charge in [0.1, 0.15) is 16.2 Å². The molecule has 0 aliphatic rings. The highest BCUT2D eigenvalue weighted by Crippen LogP contribution is 2.45. The summed E-state index contributed by atoms with van der Waals surface area (Å²) >= 11 is 1.77. The zero-order valence-corrected chi connectivity index (χ0v) is 30.5. The Kier molecular flexibility index (Phi) is 7.35. The van der Waals surface area contributed by atoms with Gasteiger partial charge in [0.25, 0.3) is 0 Å². The standard InChI is InChI=1S/C51H32N2OS/c1-3-12-33(13-4-1)37-16-11-17-38(30-37)41-18-7-9-20-46(41)53(40-27-29-48-44(32-40)42-19-8-10-21-47(42)54-48)39-26-24-34-22-23-35-25-28-45-50(49(35)43(34)31-39)55-51(52-45)36-14-5-2-6-15-36/h1-32H. The monoisotopic (exact) mass is 720 g/mol. The van der Waals surface area contributed by atoms with Gasteiger partial charge < -0.3 is 9.32 Å². The van der Waals surface area contributed by atoms with E-state index in [1.165, 1.54) is 37.4 Å². The second-order valence-corrected chi connectivity index (χ2v) is 14.9. The minimum absolute atomic E-state index is 0.875. The molecule has 0 amide bonds. The number of aromatic nitrogens is 1. The number of benzene rings is 9. The summed E-state index contributed by atoms with van der Waals surface area (Å²) < 4.78 is 7.51. The summed E-state index contributed by atoms with van der Waals surface area (Å²) in [4.78, 5) is 7.52. The van der Waals surface area contributed by atoms with Gasteiger partial charge in [0, 0.05) is 38.7 Å². The van der Waals surface area contributed by atoms with Gasteiger partial charge in [0.2, 0.25) is 0 Å². The molecular formula is C51H32N2OS. The molecule has 0 unspecified atom stereocenters. The van der Waals surface area contributed by atoms with Crippen LogP contribution in [0.5, 0.6) is 0 Å². The maximum Gasteiger partial charge on any atom is 0.135 e. The van der Waals surface area contributed by atoms with Crippen LogP contribution in [0.4, 0.5) is 17.1 Å². The van der Waals surface area contributed by atoms with Crippen molar-refractivity contribution in [2.45, 2.75) is 0 Å². The van der Waals surface area contributed by atoms with E-state index < -0.39 is 0 Å². The molecule has 2 aromatic heterocycles. The first kappa shape index (κ1) is 31.5. The smallest absolute Gasteiger partial charge is 0.135 e. The normalized spacial score (nSPS) is 11.6. The third-order valence-electron chi connectivity index (χ3n) is 10.7. The maximum atomic E-state index is 6.30. The first-order valence-corrected chi connectivity index (χ1v) is 19.3. The van der Waals surface area contributed by atoms with Crippen molar-refractivity contribution in [1.82, 2.24) is 4.98 Å². The molecule has 0 aliphatic carbocycles. The largest absolute Gasteiger partial charge is 0.456 e. The highest BCUT2D eigenvalue weighted by Gasteiger charge is 2.21. The highest BCUT2D eigenvalue weighted by molar-refractivity contribution is 7.22. The summed E-state index contributed by atoms with van der Waals surface area (Å²) in [7, 11) is 0. The Morgan fingerprint density at radius 1 is 0.436 bits per heavy atom. The summed E-state index contributed by atoms with van der Waals surface area (Å²) in [6.07, 6.45) is 0. The molecule has 0 saturated carbocycles. The lowest BCUT2D eigenvalue weighted by atomic mass is 9.96. The van der Waals surface area contributed by atoms with E-state index in [9.17, 15) is 0 Å². The zero-order chi connectivity index (χ0) is 36.3. The number of thiazole rings is 1. The van der Waals surface area contributed by atoms with Gasteiger partial charge in [-0.1, -0.05) is 140 Å². The first-order chi connectivity index (χ1) is 27.2. The Morgan fingerprint density at radius 3 is 1.95 bits per heavy atom. The van der Waals surface area contributed by atoms with Crippen LogP contribution in [0.15, 0.2) is 199 Å². The van der Waals surface area contributed by atoms with Gasteiger partial charge in [0.15, 0.2) is 0 Å². The van der Waals surface area contributed by atoms with Crippen molar-refractivity contribution in [3.05, 3.63) is 194 Å². The summed E-state index contributed by atoms with van der Waals surface area (Å²) in [6, 6.07) is 69.3. The number of furan rings is 1. The average molecular weight is 721 g/mol. The van der Waals surface area contributed by atoms with Gasteiger partial charge in [-0.15, -0.1) is 11.3 Å². The third kappa shape index (κ3) is 5.38. The molecule has 55 heavy (non-hydrogen) atoms. The molecule has 0 spiro atoms. The Hall–Kier alpha value is -7.01. The number of para-hydroxylation sites is 2. The van der Waals surface area contributed by atoms with Crippen molar-refractivity contribution in [2.75, 3.05) is 4.90 Å². The molecule has 3 nitrogen and oxygen atoms in total. The van der Waals surface area contributed by atoms with Crippen LogP contribution >= 0.6 is 11.3 Å². The molecule has 9 aromatic carbocycles. The minimum atomic E-state index is 0.875. The number of rotatable bonds is 6. The fraction of sp³-hybridized carbons (Fsp3) is 0. The second kappa shape index (κ2) is 12.8. The average Bonchev–Trinajstić information content (AvgIpc) is 3.87. The van der Waals surface area contributed by atoms with E-state index in [1.807, 2.05) is 12.1 Å². The quantitative estimate of drug-likeness (QED) is 0.160. The van der Waals surface area contributed by atoms with Gasteiger partial charge in [-0.25, -0.2) is 4.98 Å². The Labute approximate surface area is 322 Å². The van der Waals surface area contributed by atoms with E-state index in [-0.39, 0.29) is 0 Å². The predicted octanol–water partition coefficient (Wildman–Crippen LogP) is 15.0. The van der Waals surface area contributed by atoms with Crippen LogP contribution < -0.4 is 4.90 Å². The molecule has 11 aromatic rings. The van der Waals surface area contributed by atoms with Crippen LogP contribution in [-0.2, 0) is 0 Å². The Balaban J connectivity index is 1.16. The van der Waals surface area contributed by atoms with Gasteiger partial charge in [-0.2, -0.15) is 0 Å². The van der Waals surface area contributed by atoms with E-state index in [0.717, 1.165) is 66.2 Å². The van der Waals surface area contributed by atoms with Gasteiger partial charge in [0.05, 0.1) is 15.9 Å². The van der Waals surface area contributed by atoms with Crippen molar-refractivity contribution in [3.63, 3.8) is 0 Å². The third-order valence-corrected chi connectivity index (χ3v) is 11.8. The van der Waals surface area contributed by atoms with Crippen molar-refractivity contribution >= 4 is 82.1 Å². The van der Waals surface area contributed by atoms with Crippen LogP contribution in [0.2, 0.25) is 0 Å². The van der Waals surface area contributed by atoms with Crippen LogP contribution in [0, 0.1) is 0 Å². The molecule has 0 atom stereocenters. The van der Waals surface area contributed by atoms with E-state index in [0.29, 0.717) is 0 Å². The number of nitrogens with zero attached hydrogens (tertiary/aromatic N) is 2. The molecule has 2 heterocycles. The van der Waals surface area contributed by atoms with Gasteiger partial charge in [-0.05, 0) is 87.4 Å². The molecule has 11 rings (SSSR count). The molecule has 258 valence electrons. The fourth-order valence-electron chi connectivity index (χ4n) is 8.04. The van der Waals surface area contributed by atoms with E-state index in [2.05, 4.69) is 187 Å². The summed E-state index contributed by atoms with van der Waals surface area (Å²) in [6.45, 7) is 0. The van der Waals surface area contributed by atoms with Crippen LogP contribution in [0.1, 0.15) is 0 Å². The minimum Gasteiger partial charge on any atom is -0.456 e. The molecule has 4 heteroatoms. The maximum absolute atomic E-state index is 6.30. The number of hydrogen-bond acceptors (Lipinski definition) is 4. The molecular weight excluding hydrogens is 689 g/mol. The lowest BCUT2D eigenvalue weighted by Gasteiger charge is -2.28. The topological polar surface area (TPSA) is 29.3 Å². The van der Waals surface area contributed by atoms with Crippen molar-refractivity contribution < 1.29 is 4.42 Å². The molecule has 0 saturated heterocycles. The van der Waals surface area contributed by atoms with Crippen LogP contribution in [0.25, 0.3) is 86.5 Å². The molecule has 0 bridgehead atoms. The van der Waals surface area contributed by atoms with E-state index in [4.69, 9.17) is 9.40 Å². The van der Waals surface area contributed by atoms with Crippen molar-refractivity contribution in [2.24, 2.45) is 0 Å². The fourth-order valence-corrected chi connectivity index (χ4v) is 9.18. The predicted molar refractivity (Wildman–Crippen MR) is 233 cm³/mol. The molecule has 0 radical (unpaired) electrons. The van der Waals surface area contributed by atoms with Crippen molar-refractivity contribution in [3.8, 4) is 32.8 Å². The summed E-state index contributed by atoms with van der Waals surface area (Å²) in [5, 5.41) is 8.06. The van der Waals surface area contributed by atoms with E-state index >= 15 is 0 Å². The molecule has 0 fully saturated rings. The molecule has 0 N–H and O–H groups in total. The van der Waals surface area contributed by atoms with Gasteiger partial charge >= 0.3 is 0 Å². The SMILES string of the molecule is c1ccc(-c2cccc(-c3ccccc3N(c3ccc4oc5ccccc5c4c3)c3ccc4ccc5ccc6nc(-c7ccccc7)sc6c5c4c3)c2)cc1. The zero-order valence-electron chi connectivity index (χ0n) is 29.7. The lowest BCUT2D eigenvalue weighted by molar-refractivity contribution is 0.669. The number of fused-ring (bicyclic) bond motifs is 8. The Bertz CT molecular complexity index is 3220. The van der Waals surface area contributed by atoms with Crippen LogP contribution in [-0.4, -0.2) is 4.98 Å². The second-order valence-electron chi connectivity index (χ2n) is 13.9. The lowest BCUT2D eigenvalue weighted by Crippen LogP contribution is -2.11. The van der Waals surface area contributed by atoms with Crippen LogP contribution in [0.3, 0.4) is 0 Å².